The van der Waals surface area contributed by atoms with Gasteiger partial charge in [-0.25, -0.2) is 15.0 Å². The third kappa shape index (κ3) is 5.12. The maximum atomic E-state index is 6.69. The van der Waals surface area contributed by atoms with E-state index in [1.807, 2.05) is 72.8 Å². The molecule has 4 nitrogen and oxygen atoms in total. The Bertz CT molecular complexity index is 2720. The van der Waals surface area contributed by atoms with Crippen LogP contribution < -0.4 is 0 Å². The number of hydrogen-bond acceptors (Lipinski definition) is 4. The van der Waals surface area contributed by atoms with Gasteiger partial charge in [-0.15, -0.1) is 0 Å². The minimum Gasteiger partial charge on any atom is -0.455 e. The fourth-order valence-corrected chi connectivity index (χ4v) is 7.45. The standard InChI is InChI=1S/C47H31N3O/c1-3-13-33(14-4-1)45-48-46(34-15-5-2-6-16-34)50-47(49-45)39-20-11-21-42-43(39)41-29-40(37-18-9-10-19-38(37)44(41)51-42)32-25-22-31(23-26-32)36-27-24-30-12-7-8-17-35(30)28-36/h1-6,8-11,13-29H,7,12H2. The van der Waals surface area contributed by atoms with Crippen LogP contribution in [0.2, 0.25) is 0 Å². The van der Waals surface area contributed by atoms with Crippen LogP contribution in [0.25, 0.3) is 95.2 Å². The fraction of sp³-hybridized carbons (Fsp3) is 0.0426. The van der Waals surface area contributed by atoms with Crippen molar-refractivity contribution in [2.24, 2.45) is 0 Å². The number of aryl methyl sites for hydroxylation is 1. The topological polar surface area (TPSA) is 51.8 Å². The van der Waals surface area contributed by atoms with Gasteiger partial charge in [-0.1, -0.05) is 146 Å². The average molecular weight is 654 g/mol. The van der Waals surface area contributed by atoms with Crippen LogP contribution in [0.5, 0.6) is 0 Å². The fourth-order valence-electron chi connectivity index (χ4n) is 7.45. The zero-order valence-corrected chi connectivity index (χ0v) is 27.8. The lowest BCUT2D eigenvalue weighted by Gasteiger charge is -2.13. The number of fused-ring (bicyclic) bond motifs is 6. The summed E-state index contributed by atoms with van der Waals surface area (Å²) in [6, 6.07) is 52.9. The molecule has 0 spiro atoms. The minimum atomic E-state index is 0.606. The van der Waals surface area contributed by atoms with Gasteiger partial charge in [-0.05, 0) is 69.8 Å². The molecule has 0 aliphatic heterocycles. The van der Waals surface area contributed by atoms with Crippen LogP contribution in [0.15, 0.2) is 162 Å². The molecule has 7 aromatic carbocycles. The van der Waals surface area contributed by atoms with E-state index in [0.717, 1.165) is 73.4 Å². The van der Waals surface area contributed by atoms with Gasteiger partial charge in [0.2, 0.25) is 0 Å². The number of aromatic nitrogens is 3. The lowest BCUT2D eigenvalue weighted by molar-refractivity contribution is 0.673. The molecule has 0 amide bonds. The first-order chi connectivity index (χ1) is 25.3. The Kier molecular flexibility index (Phi) is 6.91. The molecule has 4 heteroatoms. The first kappa shape index (κ1) is 29.3. The normalized spacial score (nSPS) is 12.5. The van der Waals surface area contributed by atoms with Crippen molar-refractivity contribution in [3.05, 3.63) is 169 Å². The second-order valence-electron chi connectivity index (χ2n) is 13.1. The highest BCUT2D eigenvalue weighted by Gasteiger charge is 2.20. The SMILES string of the molecule is C1=Cc2cc(-c3ccc(-c4cc5c(oc6cccc(-c7nc(-c8ccccc8)nc(-c8ccccc8)n7)c65)c5ccccc45)cc3)ccc2CC1. The van der Waals surface area contributed by atoms with E-state index in [1.165, 1.54) is 22.3 Å². The monoisotopic (exact) mass is 653 g/mol. The van der Waals surface area contributed by atoms with Crippen LogP contribution in [0, 0.1) is 0 Å². The predicted octanol–water partition coefficient (Wildman–Crippen LogP) is 12.2. The molecule has 0 saturated heterocycles. The van der Waals surface area contributed by atoms with Gasteiger partial charge in [0.25, 0.3) is 0 Å². The lowest BCUT2D eigenvalue weighted by atomic mass is 9.91. The molecule has 10 rings (SSSR count). The summed E-state index contributed by atoms with van der Waals surface area (Å²) < 4.78 is 6.69. The zero-order chi connectivity index (χ0) is 33.7. The Balaban J connectivity index is 1.16. The molecule has 2 heterocycles. The van der Waals surface area contributed by atoms with Crippen LogP contribution in [-0.2, 0) is 6.42 Å². The number of hydrogen-bond donors (Lipinski definition) is 0. The highest BCUT2D eigenvalue weighted by Crippen LogP contribution is 2.43. The number of allylic oxidation sites excluding steroid dienone is 1. The average Bonchev–Trinajstić information content (AvgIpc) is 3.60. The maximum Gasteiger partial charge on any atom is 0.164 e. The summed E-state index contributed by atoms with van der Waals surface area (Å²) in [4.78, 5) is 15.1. The van der Waals surface area contributed by atoms with Crippen molar-refractivity contribution in [2.75, 3.05) is 0 Å². The van der Waals surface area contributed by atoms with Gasteiger partial charge >= 0.3 is 0 Å². The van der Waals surface area contributed by atoms with E-state index in [-0.39, 0.29) is 0 Å². The van der Waals surface area contributed by atoms with Crippen molar-refractivity contribution in [3.63, 3.8) is 0 Å². The van der Waals surface area contributed by atoms with Crippen LogP contribution in [0.1, 0.15) is 17.5 Å². The molecule has 240 valence electrons. The van der Waals surface area contributed by atoms with E-state index in [1.54, 1.807) is 0 Å². The van der Waals surface area contributed by atoms with E-state index in [0.29, 0.717) is 17.5 Å². The molecule has 0 bridgehead atoms. The summed E-state index contributed by atoms with van der Waals surface area (Å²) >= 11 is 0. The van der Waals surface area contributed by atoms with Gasteiger partial charge in [0.1, 0.15) is 11.2 Å². The summed E-state index contributed by atoms with van der Waals surface area (Å²) in [6.45, 7) is 0. The minimum absolute atomic E-state index is 0.606. The van der Waals surface area contributed by atoms with E-state index in [4.69, 9.17) is 19.4 Å². The van der Waals surface area contributed by atoms with Crippen molar-refractivity contribution < 1.29 is 4.42 Å². The third-order valence-corrected chi connectivity index (χ3v) is 10.00. The number of rotatable bonds is 5. The Morgan fingerprint density at radius 2 is 1.10 bits per heavy atom. The largest absolute Gasteiger partial charge is 0.455 e. The Morgan fingerprint density at radius 3 is 1.84 bits per heavy atom. The number of benzene rings is 7. The summed E-state index contributed by atoms with van der Waals surface area (Å²) in [5, 5.41) is 4.24. The van der Waals surface area contributed by atoms with Gasteiger partial charge in [-0.2, -0.15) is 0 Å². The maximum absolute atomic E-state index is 6.69. The predicted molar refractivity (Wildman–Crippen MR) is 209 cm³/mol. The van der Waals surface area contributed by atoms with Gasteiger partial charge in [-0.3, -0.25) is 0 Å². The summed E-state index contributed by atoms with van der Waals surface area (Å²) in [6.07, 6.45) is 6.75. The van der Waals surface area contributed by atoms with E-state index < -0.39 is 0 Å². The molecular formula is C47H31N3O. The van der Waals surface area contributed by atoms with Crippen LogP contribution in [0.3, 0.4) is 0 Å². The van der Waals surface area contributed by atoms with E-state index in [9.17, 15) is 0 Å². The molecule has 0 saturated carbocycles. The van der Waals surface area contributed by atoms with Crippen LogP contribution >= 0.6 is 0 Å². The van der Waals surface area contributed by atoms with E-state index >= 15 is 0 Å². The van der Waals surface area contributed by atoms with Crippen LogP contribution in [-0.4, -0.2) is 15.0 Å². The zero-order valence-electron chi connectivity index (χ0n) is 27.8. The Morgan fingerprint density at radius 1 is 0.451 bits per heavy atom. The summed E-state index contributed by atoms with van der Waals surface area (Å²) in [7, 11) is 0. The summed E-state index contributed by atoms with van der Waals surface area (Å²) in [5.41, 5.74) is 11.9. The molecule has 1 aliphatic rings. The quantitative estimate of drug-likeness (QED) is 0.185. The van der Waals surface area contributed by atoms with Crippen molar-refractivity contribution in [2.45, 2.75) is 12.8 Å². The van der Waals surface area contributed by atoms with Gasteiger partial charge in [0.05, 0.1) is 0 Å². The van der Waals surface area contributed by atoms with Crippen molar-refractivity contribution >= 4 is 38.8 Å². The second-order valence-corrected chi connectivity index (χ2v) is 13.1. The van der Waals surface area contributed by atoms with E-state index in [2.05, 4.69) is 91.0 Å². The molecule has 0 N–H and O–H groups in total. The Hall–Kier alpha value is -6.65. The van der Waals surface area contributed by atoms with Gasteiger partial charge in [0.15, 0.2) is 17.5 Å². The smallest absolute Gasteiger partial charge is 0.164 e. The molecule has 9 aromatic rings. The lowest BCUT2D eigenvalue weighted by Crippen LogP contribution is -2.00. The molecular weight excluding hydrogens is 623 g/mol. The molecule has 0 radical (unpaired) electrons. The van der Waals surface area contributed by atoms with Crippen LogP contribution in [0.4, 0.5) is 0 Å². The molecule has 2 aromatic heterocycles. The first-order valence-electron chi connectivity index (χ1n) is 17.4. The van der Waals surface area contributed by atoms with Crippen molar-refractivity contribution in [3.8, 4) is 56.4 Å². The van der Waals surface area contributed by atoms with Gasteiger partial charge in [0, 0.05) is 32.8 Å². The number of furan rings is 1. The molecule has 0 unspecified atom stereocenters. The highest BCUT2D eigenvalue weighted by atomic mass is 16.3. The molecule has 1 aliphatic carbocycles. The first-order valence-corrected chi connectivity index (χ1v) is 17.4. The molecule has 51 heavy (non-hydrogen) atoms. The molecule has 0 fully saturated rings. The van der Waals surface area contributed by atoms with Gasteiger partial charge < -0.3 is 4.42 Å². The Labute approximate surface area is 295 Å². The number of nitrogens with zero attached hydrogens (tertiary/aromatic N) is 3. The summed E-state index contributed by atoms with van der Waals surface area (Å²) in [5.74, 6) is 1.87. The van der Waals surface area contributed by atoms with Crippen molar-refractivity contribution in [1.29, 1.82) is 0 Å². The highest BCUT2D eigenvalue weighted by molar-refractivity contribution is 6.22. The third-order valence-electron chi connectivity index (χ3n) is 10.00. The second kappa shape index (κ2) is 12.0. The van der Waals surface area contributed by atoms with Crippen molar-refractivity contribution in [1.82, 2.24) is 15.0 Å². The molecule has 0 atom stereocenters.